The second-order valence-corrected chi connectivity index (χ2v) is 5.24. The van der Waals surface area contributed by atoms with Crippen LogP contribution in [0.5, 0.6) is 11.5 Å². The summed E-state index contributed by atoms with van der Waals surface area (Å²) >= 11 is 5.41. The highest BCUT2D eigenvalue weighted by atomic mass is 32.1. The number of nitrogens with one attached hydrogen (secondary N) is 1. The Morgan fingerprint density at radius 1 is 0.957 bits per heavy atom. The fourth-order valence-electron chi connectivity index (χ4n) is 1.99. The monoisotopic (exact) mass is 324 g/mol. The first-order valence-electron chi connectivity index (χ1n) is 7.33. The molecule has 23 heavy (non-hydrogen) atoms. The lowest BCUT2D eigenvalue weighted by atomic mass is 10.3. The summed E-state index contributed by atoms with van der Waals surface area (Å²) in [5.74, 6) is 1.59. The Labute approximate surface area is 142 Å². The van der Waals surface area contributed by atoms with Gasteiger partial charge in [0.25, 0.3) is 0 Å². The highest BCUT2D eigenvalue weighted by molar-refractivity contribution is 7.80. The molecule has 0 unspecified atom stereocenters. The van der Waals surface area contributed by atoms with Crippen molar-refractivity contribution in [3.8, 4) is 11.5 Å². The number of hydrogen-bond acceptors (Lipinski definition) is 2. The van der Waals surface area contributed by atoms with Gasteiger partial charge in [0, 0.05) is 18.8 Å². The Morgan fingerprint density at radius 2 is 1.52 bits per heavy atom. The van der Waals surface area contributed by atoms with E-state index in [-0.39, 0.29) is 0 Å². The molecular formula is C19H20N2OS. The molecule has 0 atom stereocenters. The minimum atomic E-state index is 0.640. The average molecular weight is 324 g/mol. The minimum absolute atomic E-state index is 0.640. The first-order chi connectivity index (χ1) is 11.2. The standard InChI is InChI=1S/C19H20N2OS/c1-3-14-21(15-4-2)19(23)20-16-10-12-18(13-11-16)22-17-8-6-5-7-9-17/h3-13H,1-2,14-15H2,(H,20,23). The Bertz CT molecular complexity index is 643. The van der Waals surface area contributed by atoms with Crippen molar-refractivity contribution in [3.63, 3.8) is 0 Å². The predicted molar refractivity (Wildman–Crippen MR) is 101 cm³/mol. The van der Waals surface area contributed by atoms with E-state index in [2.05, 4.69) is 18.5 Å². The van der Waals surface area contributed by atoms with Crippen molar-refractivity contribution in [2.24, 2.45) is 0 Å². The number of anilines is 1. The number of para-hydroxylation sites is 1. The van der Waals surface area contributed by atoms with E-state index in [1.54, 1.807) is 0 Å². The lowest BCUT2D eigenvalue weighted by Gasteiger charge is -2.23. The zero-order valence-electron chi connectivity index (χ0n) is 12.9. The number of rotatable bonds is 7. The third-order valence-corrected chi connectivity index (χ3v) is 3.43. The van der Waals surface area contributed by atoms with Crippen LogP contribution in [0.3, 0.4) is 0 Å². The molecule has 1 N–H and O–H groups in total. The molecule has 0 fully saturated rings. The van der Waals surface area contributed by atoms with E-state index in [1.807, 2.05) is 71.6 Å². The van der Waals surface area contributed by atoms with Gasteiger partial charge in [0.15, 0.2) is 5.11 Å². The van der Waals surface area contributed by atoms with Gasteiger partial charge in [0.05, 0.1) is 0 Å². The van der Waals surface area contributed by atoms with Crippen LogP contribution in [0.15, 0.2) is 79.9 Å². The van der Waals surface area contributed by atoms with Gasteiger partial charge in [0.2, 0.25) is 0 Å². The lowest BCUT2D eigenvalue weighted by Crippen LogP contribution is -2.34. The van der Waals surface area contributed by atoms with Crippen LogP contribution >= 0.6 is 12.2 Å². The van der Waals surface area contributed by atoms with E-state index < -0.39 is 0 Å². The van der Waals surface area contributed by atoms with Crippen molar-refractivity contribution >= 4 is 23.0 Å². The zero-order chi connectivity index (χ0) is 16.5. The van der Waals surface area contributed by atoms with Crippen molar-refractivity contribution in [3.05, 3.63) is 79.9 Å². The molecule has 0 radical (unpaired) electrons. The molecule has 4 heteroatoms. The Kier molecular flexibility index (Phi) is 6.39. The van der Waals surface area contributed by atoms with Crippen molar-refractivity contribution in [1.82, 2.24) is 4.90 Å². The fourth-order valence-corrected chi connectivity index (χ4v) is 2.25. The summed E-state index contributed by atoms with van der Waals surface area (Å²) in [7, 11) is 0. The largest absolute Gasteiger partial charge is 0.457 e. The van der Waals surface area contributed by atoms with E-state index in [9.17, 15) is 0 Å². The molecule has 0 heterocycles. The van der Waals surface area contributed by atoms with Gasteiger partial charge in [-0.25, -0.2) is 0 Å². The van der Waals surface area contributed by atoms with Gasteiger partial charge in [0.1, 0.15) is 11.5 Å². The van der Waals surface area contributed by atoms with Gasteiger partial charge in [-0.1, -0.05) is 30.4 Å². The predicted octanol–water partition coefficient (Wildman–Crippen LogP) is 4.85. The number of nitrogens with zero attached hydrogens (tertiary/aromatic N) is 1. The summed E-state index contributed by atoms with van der Waals surface area (Å²) in [6.45, 7) is 8.83. The highest BCUT2D eigenvalue weighted by Gasteiger charge is 2.06. The first-order valence-corrected chi connectivity index (χ1v) is 7.74. The molecule has 2 aromatic rings. The Hall–Kier alpha value is -2.59. The maximum atomic E-state index is 5.77. The molecule has 2 aromatic carbocycles. The van der Waals surface area contributed by atoms with Crippen LogP contribution in [-0.2, 0) is 0 Å². The van der Waals surface area contributed by atoms with Gasteiger partial charge in [-0.05, 0) is 48.6 Å². The van der Waals surface area contributed by atoms with Gasteiger partial charge >= 0.3 is 0 Å². The molecule has 0 bridgehead atoms. The first kappa shape index (κ1) is 16.8. The maximum Gasteiger partial charge on any atom is 0.173 e. The molecule has 0 saturated heterocycles. The fraction of sp³-hybridized carbons (Fsp3) is 0.105. The lowest BCUT2D eigenvalue weighted by molar-refractivity contribution is 0.483. The summed E-state index contributed by atoms with van der Waals surface area (Å²) in [6.07, 6.45) is 3.63. The van der Waals surface area contributed by atoms with Crippen molar-refractivity contribution < 1.29 is 4.74 Å². The third kappa shape index (κ3) is 5.27. The molecule has 0 aromatic heterocycles. The maximum absolute atomic E-state index is 5.77. The van der Waals surface area contributed by atoms with Crippen molar-refractivity contribution in [2.75, 3.05) is 18.4 Å². The van der Waals surface area contributed by atoms with E-state index in [4.69, 9.17) is 17.0 Å². The SMILES string of the molecule is C=CCN(CC=C)C(=S)Nc1ccc(Oc2ccccc2)cc1. The van der Waals surface area contributed by atoms with E-state index >= 15 is 0 Å². The summed E-state index contributed by atoms with van der Waals surface area (Å²) in [5.41, 5.74) is 0.911. The van der Waals surface area contributed by atoms with Crippen LogP contribution in [0.1, 0.15) is 0 Å². The molecule has 0 aliphatic carbocycles. The minimum Gasteiger partial charge on any atom is -0.457 e. The summed E-state index contributed by atoms with van der Waals surface area (Å²) in [6, 6.07) is 17.4. The quantitative estimate of drug-likeness (QED) is 0.581. The summed E-state index contributed by atoms with van der Waals surface area (Å²) in [5, 5.41) is 3.85. The Balaban J connectivity index is 1.97. The average Bonchev–Trinajstić information content (AvgIpc) is 2.57. The van der Waals surface area contributed by atoms with Crippen LogP contribution in [0.2, 0.25) is 0 Å². The molecule has 0 spiro atoms. The van der Waals surface area contributed by atoms with Crippen molar-refractivity contribution in [2.45, 2.75) is 0 Å². The molecule has 0 aliphatic heterocycles. The summed E-state index contributed by atoms with van der Waals surface area (Å²) in [4.78, 5) is 1.98. The van der Waals surface area contributed by atoms with Crippen LogP contribution < -0.4 is 10.1 Å². The van der Waals surface area contributed by atoms with Gasteiger partial charge in [-0.2, -0.15) is 0 Å². The molecule has 0 saturated carbocycles. The highest BCUT2D eigenvalue weighted by Crippen LogP contribution is 2.22. The summed E-state index contributed by atoms with van der Waals surface area (Å²) < 4.78 is 5.77. The number of thiocarbonyl (C=S) groups is 1. The normalized spacial score (nSPS) is 9.74. The smallest absolute Gasteiger partial charge is 0.173 e. The topological polar surface area (TPSA) is 24.5 Å². The van der Waals surface area contributed by atoms with E-state index in [0.717, 1.165) is 17.2 Å². The zero-order valence-corrected chi connectivity index (χ0v) is 13.8. The molecule has 0 amide bonds. The number of ether oxygens (including phenoxy) is 1. The second-order valence-electron chi connectivity index (χ2n) is 4.85. The molecule has 0 aliphatic rings. The molecule has 118 valence electrons. The van der Waals surface area contributed by atoms with Crippen LogP contribution in [0.25, 0.3) is 0 Å². The van der Waals surface area contributed by atoms with Crippen LogP contribution in [0.4, 0.5) is 5.69 Å². The Morgan fingerprint density at radius 3 is 2.09 bits per heavy atom. The third-order valence-electron chi connectivity index (χ3n) is 3.07. The number of hydrogen-bond donors (Lipinski definition) is 1. The van der Waals surface area contributed by atoms with Gasteiger partial charge in [-0.15, -0.1) is 13.2 Å². The van der Waals surface area contributed by atoms with Gasteiger partial charge < -0.3 is 15.0 Å². The van der Waals surface area contributed by atoms with E-state index in [1.165, 1.54) is 0 Å². The van der Waals surface area contributed by atoms with Crippen molar-refractivity contribution in [1.29, 1.82) is 0 Å². The molecule has 3 nitrogen and oxygen atoms in total. The molecule has 2 rings (SSSR count). The van der Waals surface area contributed by atoms with Crippen LogP contribution in [0, 0.1) is 0 Å². The van der Waals surface area contributed by atoms with E-state index in [0.29, 0.717) is 18.2 Å². The number of benzene rings is 2. The van der Waals surface area contributed by atoms with Gasteiger partial charge in [-0.3, -0.25) is 0 Å². The second kappa shape index (κ2) is 8.76. The molecular weight excluding hydrogens is 304 g/mol. The van der Waals surface area contributed by atoms with Crippen LogP contribution in [-0.4, -0.2) is 23.1 Å².